The summed E-state index contributed by atoms with van der Waals surface area (Å²) in [5.74, 6) is -2.41. The number of nitro benzene ring substituents is 1. The van der Waals surface area contributed by atoms with E-state index in [1.54, 1.807) is 29.7 Å². The molecule has 0 aliphatic heterocycles. The van der Waals surface area contributed by atoms with Gasteiger partial charge in [-0.05, 0) is 59.2 Å². The second-order valence-corrected chi connectivity index (χ2v) is 9.48. The molecule has 4 aromatic carbocycles. The van der Waals surface area contributed by atoms with Crippen molar-refractivity contribution in [3.8, 4) is 5.75 Å². The topological polar surface area (TPSA) is 171 Å². The third kappa shape index (κ3) is 7.90. The molecule has 4 aromatic rings. The Hall–Kier alpha value is -5.81. The molecule has 0 bridgehead atoms. The first-order valence-corrected chi connectivity index (χ1v) is 13.2. The predicted molar refractivity (Wildman–Crippen MR) is 158 cm³/mol. The van der Waals surface area contributed by atoms with Gasteiger partial charge in [-0.3, -0.25) is 29.7 Å². The molecule has 11 heteroatoms. The van der Waals surface area contributed by atoms with E-state index in [1.807, 2.05) is 30.3 Å². The van der Waals surface area contributed by atoms with Gasteiger partial charge in [-0.25, -0.2) is 5.48 Å². The predicted octanol–water partition coefficient (Wildman–Crippen LogP) is 4.18. The number of nitrogens with one attached hydrogen (secondary N) is 3. The SMILES string of the molecule is O=C(/C=C/c1ccc([N+](=O)[O-])cc1)N[C@H](CNC(=O)c1ccccc1O)[C@@H](c1ccccc1)c1ccc(C(=O)NO)cc1. The van der Waals surface area contributed by atoms with Crippen molar-refractivity contribution in [3.63, 3.8) is 0 Å². The fourth-order valence-electron chi connectivity index (χ4n) is 4.55. The van der Waals surface area contributed by atoms with E-state index >= 15 is 0 Å². The Morgan fingerprint density at radius 1 is 0.814 bits per heavy atom. The summed E-state index contributed by atoms with van der Waals surface area (Å²) in [6.07, 6.45) is 2.80. The molecule has 0 radical (unpaired) electrons. The Morgan fingerprint density at radius 3 is 2.07 bits per heavy atom. The number of rotatable bonds is 11. The highest BCUT2D eigenvalue weighted by atomic mass is 16.6. The molecule has 0 aromatic heterocycles. The molecular formula is C32H28N4O7. The summed E-state index contributed by atoms with van der Waals surface area (Å²) in [4.78, 5) is 48.5. The first kappa shape index (κ1) is 30.2. The van der Waals surface area contributed by atoms with Gasteiger partial charge in [-0.15, -0.1) is 0 Å². The molecule has 43 heavy (non-hydrogen) atoms. The van der Waals surface area contributed by atoms with Crippen molar-refractivity contribution < 1.29 is 29.6 Å². The van der Waals surface area contributed by atoms with Crippen LogP contribution in [0.1, 0.15) is 43.3 Å². The summed E-state index contributed by atoms with van der Waals surface area (Å²) in [6, 6.07) is 26.8. The van der Waals surface area contributed by atoms with Crippen LogP contribution >= 0.6 is 0 Å². The Kier molecular flexibility index (Phi) is 9.95. The standard InChI is InChI=1S/C32H28N4O7/c37-28-9-5-4-8-26(28)32(40)33-20-27(34-29(38)19-12-21-10-17-25(18-11-21)36(42)43)30(22-6-2-1-3-7-22)23-13-15-24(16-14-23)31(39)35-41/h1-19,27,30,37,41H,20H2,(H,33,40)(H,34,38)(H,35,39)/b19-12+/t27-,30+/m1/s1. The fourth-order valence-corrected chi connectivity index (χ4v) is 4.55. The van der Waals surface area contributed by atoms with Crippen LogP contribution in [0.2, 0.25) is 0 Å². The van der Waals surface area contributed by atoms with Crippen molar-refractivity contribution in [2.45, 2.75) is 12.0 Å². The third-order valence-electron chi connectivity index (χ3n) is 6.68. The van der Waals surface area contributed by atoms with E-state index in [-0.39, 0.29) is 29.1 Å². The van der Waals surface area contributed by atoms with E-state index in [0.717, 1.165) is 5.56 Å². The quantitative estimate of drug-likeness (QED) is 0.0766. The molecule has 0 fully saturated rings. The molecule has 0 unspecified atom stereocenters. The second kappa shape index (κ2) is 14.2. The second-order valence-electron chi connectivity index (χ2n) is 9.48. The molecule has 3 amide bonds. The molecule has 11 nitrogen and oxygen atoms in total. The molecule has 0 spiro atoms. The number of para-hydroxylation sites is 1. The van der Waals surface area contributed by atoms with E-state index < -0.39 is 34.6 Å². The molecule has 0 heterocycles. The number of nitrogens with zero attached hydrogens (tertiary/aromatic N) is 1. The maximum atomic E-state index is 13.2. The highest BCUT2D eigenvalue weighted by Gasteiger charge is 2.27. The number of nitro groups is 1. The van der Waals surface area contributed by atoms with Crippen LogP contribution in [0.4, 0.5) is 5.69 Å². The van der Waals surface area contributed by atoms with E-state index in [4.69, 9.17) is 5.21 Å². The fraction of sp³-hybridized carbons (Fsp3) is 0.0938. The number of carbonyl (C=O) groups is 3. The summed E-state index contributed by atoms with van der Waals surface area (Å²) >= 11 is 0. The van der Waals surface area contributed by atoms with Gasteiger partial charge >= 0.3 is 0 Å². The van der Waals surface area contributed by atoms with Crippen molar-refractivity contribution in [2.24, 2.45) is 0 Å². The number of phenolic OH excluding ortho intramolecular Hbond substituents is 1. The van der Waals surface area contributed by atoms with E-state index in [0.29, 0.717) is 11.1 Å². The van der Waals surface area contributed by atoms with Crippen molar-refractivity contribution in [3.05, 3.63) is 147 Å². The van der Waals surface area contributed by atoms with Crippen molar-refractivity contribution >= 4 is 29.5 Å². The Labute approximate surface area is 246 Å². The number of benzene rings is 4. The first-order valence-electron chi connectivity index (χ1n) is 13.2. The zero-order valence-electron chi connectivity index (χ0n) is 22.7. The highest BCUT2D eigenvalue weighted by Crippen LogP contribution is 2.29. The molecule has 218 valence electrons. The monoisotopic (exact) mass is 580 g/mol. The Balaban J connectivity index is 1.65. The number of phenols is 1. The van der Waals surface area contributed by atoms with Crippen LogP contribution in [0, 0.1) is 10.1 Å². The highest BCUT2D eigenvalue weighted by molar-refractivity contribution is 5.97. The van der Waals surface area contributed by atoms with E-state index in [9.17, 15) is 29.6 Å². The minimum Gasteiger partial charge on any atom is -0.507 e. The average molecular weight is 581 g/mol. The third-order valence-corrected chi connectivity index (χ3v) is 6.68. The minimum absolute atomic E-state index is 0.0390. The first-order chi connectivity index (χ1) is 20.8. The van der Waals surface area contributed by atoms with Gasteiger partial charge in [0.05, 0.1) is 16.5 Å². The maximum absolute atomic E-state index is 13.2. The maximum Gasteiger partial charge on any atom is 0.274 e. The van der Waals surface area contributed by atoms with Crippen molar-refractivity contribution in [1.29, 1.82) is 0 Å². The molecule has 0 aliphatic rings. The summed E-state index contributed by atoms with van der Waals surface area (Å²) in [5, 5.41) is 35.8. The lowest BCUT2D eigenvalue weighted by atomic mass is 9.84. The van der Waals surface area contributed by atoms with Crippen molar-refractivity contribution in [2.75, 3.05) is 6.54 Å². The number of non-ortho nitro benzene ring substituents is 1. The van der Waals surface area contributed by atoms with Gasteiger partial charge in [0.2, 0.25) is 5.91 Å². The molecular weight excluding hydrogens is 552 g/mol. The summed E-state index contributed by atoms with van der Waals surface area (Å²) in [6.45, 7) is -0.0390. The van der Waals surface area contributed by atoms with Crippen LogP contribution in [-0.4, -0.2) is 45.5 Å². The van der Waals surface area contributed by atoms with Crippen LogP contribution in [0.3, 0.4) is 0 Å². The van der Waals surface area contributed by atoms with E-state index in [2.05, 4.69) is 10.6 Å². The summed E-state index contributed by atoms with van der Waals surface area (Å²) in [5.41, 5.74) is 3.90. The number of aromatic hydroxyl groups is 1. The van der Waals surface area contributed by atoms with Crippen LogP contribution in [0.5, 0.6) is 5.75 Å². The number of hydrogen-bond acceptors (Lipinski definition) is 7. The van der Waals surface area contributed by atoms with Gasteiger partial charge in [0.25, 0.3) is 17.5 Å². The van der Waals surface area contributed by atoms with Gasteiger partial charge in [-0.2, -0.15) is 0 Å². The van der Waals surface area contributed by atoms with Crippen LogP contribution in [0.25, 0.3) is 6.08 Å². The Bertz CT molecular complexity index is 1620. The molecule has 0 aliphatic carbocycles. The molecule has 2 atom stereocenters. The Morgan fingerprint density at radius 2 is 1.44 bits per heavy atom. The summed E-state index contributed by atoms with van der Waals surface area (Å²) < 4.78 is 0. The average Bonchev–Trinajstić information content (AvgIpc) is 3.03. The van der Waals surface area contributed by atoms with Crippen LogP contribution in [-0.2, 0) is 4.79 Å². The van der Waals surface area contributed by atoms with Crippen LogP contribution < -0.4 is 16.1 Å². The van der Waals surface area contributed by atoms with Crippen LogP contribution in [0.15, 0.2) is 109 Å². The molecule has 4 rings (SSSR count). The summed E-state index contributed by atoms with van der Waals surface area (Å²) in [7, 11) is 0. The lowest BCUT2D eigenvalue weighted by molar-refractivity contribution is -0.384. The molecule has 0 saturated heterocycles. The zero-order valence-corrected chi connectivity index (χ0v) is 22.7. The van der Waals surface area contributed by atoms with Crippen molar-refractivity contribution in [1.82, 2.24) is 16.1 Å². The number of carbonyl (C=O) groups excluding carboxylic acids is 3. The number of amides is 3. The van der Waals surface area contributed by atoms with E-state index in [1.165, 1.54) is 60.7 Å². The minimum atomic E-state index is -0.719. The largest absolute Gasteiger partial charge is 0.507 e. The lowest BCUT2D eigenvalue weighted by Crippen LogP contribution is -2.47. The lowest BCUT2D eigenvalue weighted by Gasteiger charge is -2.29. The number of hydroxylamine groups is 1. The van der Waals surface area contributed by atoms with Gasteiger partial charge in [-0.1, -0.05) is 54.6 Å². The van der Waals surface area contributed by atoms with Gasteiger partial charge < -0.3 is 15.7 Å². The normalized spacial score (nSPS) is 12.2. The number of hydrogen-bond donors (Lipinski definition) is 5. The molecule has 5 N–H and O–H groups in total. The van der Waals surface area contributed by atoms with Gasteiger partial charge in [0.15, 0.2) is 0 Å². The zero-order chi connectivity index (χ0) is 30.8. The van der Waals surface area contributed by atoms with Gasteiger partial charge in [0, 0.05) is 36.2 Å². The van der Waals surface area contributed by atoms with Gasteiger partial charge in [0.1, 0.15) is 5.75 Å². The smallest absolute Gasteiger partial charge is 0.274 e. The molecule has 0 saturated carbocycles.